The summed E-state index contributed by atoms with van der Waals surface area (Å²) in [7, 11) is 0. The Morgan fingerprint density at radius 1 is 0.893 bits per heavy atom. The molecule has 0 radical (unpaired) electrons. The summed E-state index contributed by atoms with van der Waals surface area (Å²) >= 11 is 5.96. The maximum atomic E-state index is 12.6. The molecule has 0 saturated carbocycles. The van der Waals surface area contributed by atoms with Gasteiger partial charge in [-0.3, -0.25) is 4.79 Å². The van der Waals surface area contributed by atoms with Crippen molar-refractivity contribution in [1.29, 1.82) is 0 Å². The normalized spacial score (nSPS) is 13.2. The van der Waals surface area contributed by atoms with Crippen molar-refractivity contribution in [3.63, 3.8) is 0 Å². The van der Waals surface area contributed by atoms with Crippen LogP contribution in [0.4, 0.5) is 23.1 Å². The van der Waals surface area contributed by atoms with Crippen LogP contribution in [0.5, 0.6) is 0 Å². The fourth-order valence-corrected chi connectivity index (χ4v) is 3.41. The first-order valence-corrected chi connectivity index (χ1v) is 9.68. The molecule has 4 rings (SSSR count). The van der Waals surface area contributed by atoms with Crippen LogP contribution >= 0.6 is 11.6 Å². The molecule has 1 aromatic heterocycles. The van der Waals surface area contributed by atoms with Gasteiger partial charge < -0.3 is 10.6 Å². The maximum absolute atomic E-state index is 12.6. The molecule has 0 fully saturated rings. The Balaban J connectivity index is 1.73. The van der Waals surface area contributed by atoms with E-state index in [-0.39, 0.29) is 5.78 Å². The number of carbonyl (C=O) groups excluding carboxylic acids is 1. The monoisotopic (exact) mass is 392 g/mol. The Hall–Kier alpha value is -2.92. The lowest BCUT2D eigenvalue weighted by Crippen LogP contribution is -2.17. The quantitative estimate of drug-likeness (QED) is 0.591. The molecule has 1 aliphatic rings. The minimum atomic E-state index is 0.0885. The zero-order valence-corrected chi connectivity index (χ0v) is 16.6. The van der Waals surface area contributed by atoms with E-state index in [0.717, 1.165) is 29.9 Å². The van der Waals surface area contributed by atoms with Crippen LogP contribution in [0.2, 0.25) is 5.02 Å². The molecule has 0 aliphatic heterocycles. The van der Waals surface area contributed by atoms with Gasteiger partial charge in [-0.15, -0.1) is 0 Å². The van der Waals surface area contributed by atoms with Gasteiger partial charge >= 0.3 is 0 Å². The second-order valence-corrected chi connectivity index (χ2v) is 7.49. The van der Waals surface area contributed by atoms with E-state index in [1.807, 2.05) is 18.2 Å². The topological polar surface area (TPSA) is 66.9 Å². The number of carbonyl (C=O) groups is 1. The number of nitrogens with one attached hydrogen (secondary N) is 2. The number of hydrogen-bond donors (Lipinski definition) is 2. The van der Waals surface area contributed by atoms with Gasteiger partial charge in [-0.05, 0) is 74.2 Å². The number of halogens is 1. The molecule has 0 unspecified atom stereocenters. The Morgan fingerprint density at radius 3 is 2.39 bits per heavy atom. The highest BCUT2D eigenvalue weighted by molar-refractivity contribution is 6.30. The van der Waals surface area contributed by atoms with E-state index < -0.39 is 0 Å². The minimum absolute atomic E-state index is 0.0885. The molecule has 3 aromatic rings. The van der Waals surface area contributed by atoms with Crippen molar-refractivity contribution in [3.8, 4) is 0 Å². The fourth-order valence-electron chi connectivity index (χ4n) is 3.29. The van der Waals surface area contributed by atoms with Crippen molar-refractivity contribution >= 4 is 40.5 Å². The summed E-state index contributed by atoms with van der Waals surface area (Å²) in [6.07, 6.45) is 2.11. The summed E-state index contributed by atoms with van der Waals surface area (Å²) in [5, 5.41) is 7.21. The van der Waals surface area contributed by atoms with Crippen molar-refractivity contribution < 1.29 is 4.79 Å². The van der Waals surface area contributed by atoms with Crippen molar-refractivity contribution in [3.05, 3.63) is 69.9 Å². The molecule has 2 N–H and O–H groups in total. The molecule has 1 heterocycles. The smallest absolute Gasteiger partial charge is 0.229 e. The van der Waals surface area contributed by atoms with E-state index in [1.165, 1.54) is 11.1 Å². The second kappa shape index (κ2) is 7.60. The average molecular weight is 393 g/mol. The first-order chi connectivity index (χ1) is 13.5. The van der Waals surface area contributed by atoms with Gasteiger partial charge in [0.1, 0.15) is 5.82 Å². The van der Waals surface area contributed by atoms with Gasteiger partial charge in [-0.2, -0.15) is 4.98 Å². The Morgan fingerprint density at radius 2 is 1.64 bits per heavy atom. The van der Waals surface area contributed by atoms with Crippen molar-refractivity contribution in [2.45, 2.75) is 33.1 Å². The van der Waals surface area contributed by atoms with Gasteiger partial charge in [-0.1, -0.05) is 17.7 Å². The van der Waals surface area contributed by atoms with Crippen molar-refractivity contribution in [1.82, 2.24) is 9.97 Å². The van der Waals surface area contributed by atoms with Crippen LogP contribution in [0.15, 0.2) is 42.5 Å². The molecule has 142 valence electrons. The summed E-state index contributed by atoms with van der Waals surface area (Å²) in [4.78, 5) is 21.8. The van der Waals surface area contributed by atoms with Crippen LogP contribution in [0.25, 0.3) is 0 Å². The number of benzene rings is 2. The largest absolute Gasteiger partial charge is 0.339 e. The standard InChI is InChI=1S/C22H21ClN4O/c1-13-6-9-17(12-14(13)2)24-21-20-18(4-3-5-19(20)28)26-22(27-21)25-16-10-7-15(23)8-11-16/h6-12H,3-5H2,1-2H3,(H2,24,25,26,27). The number of rotatable bonds is 4. The molecule has 0 bridgehead atoms. The second-order valence-electron chi connectivity index (χ2n) is 7.05. The molecule has 0 amide bonds. The molecule has 0 atom stereocenters. The van der Waals surface area contributed by atoms with E-state index in [0.29, 0.717) is 28.8 Å². The molecule has 5 nitrogen and oxygen atoms in total. The van der Waals surface area contributed by atoms with Crippen LogP contribution in [0.1, 0.15) is 40.0 Å². The summed E-state index contributed by atoms with van der Waals surface area (Å²) in [5.74, 6) is 1.10. The van der Waals surface area contributed by atoms with E-state index >= 15 is 0 Å². The van der Waals surface area contributed by atoms with Gasteiger partial charge in [0, 0.05) is 22.8 Å². The van der Waals surface area contributed by atoms with E-state index in [2.05, 4.69) is 46.6 Å². The third-order valence-electron chi connectivity index (χ3n) is 4.95. The summed E-state index contributed by atoms with van der Waals surface area (Å²) in [6.45, 7) is 4.14. The van der Waals surface area contributed by atoms with Gasteiger partial charge in [0.15, 0.2) is 5.78 Å². The van der Waals surface area contributed by atoms with Gasteiger partial charge in [-0.25, -0.2) is 4.98 Å². The Labute approximate surface area is 169 Å². The van der Waals surface area contributed by atoms with Gasteiger partial charge in [0.05, 0.1) is 11.3 Å². The molecule has 1 aliphatic carbocycles. The molecule has 6 heteroatoms. The van der Waals surface area contributed by atoms with Gasteiger partial charge in [0.2, 0.25) is 5.95 Å². The summed E-state index contributed by atoms with van der Waals surface area (Å²) in [6, 6.07) is 13.5. The van der Waals surface area contributed by atoms with Crippen LogP contribution in [0, 0.1) is 13.8 Å². The Bertz CT molecular complexity index is 1050. The number of fused-ring (bicyclic) bond motifs is 1. The number of ketones is 1. The highest BCUT2D eigenvalue weighted by atomic mass is 35.5. The molecule has 0 saturated heterocycles. The lowest BCUT2D eigenvalue weighted by Gasteiger charge is -2.19. The zero-order chi connectivity index (χ0) is 19.7. The van der Waals surface area contributed by atoms with Crippen LogP contribution in [-0.4, -0.2) is 15.8 Å². The SMILES string of the molecule is Cc1ccc(Nc2nc(Nc3ccc(Cl)cc3)nc3c2C(=O)CCC3)cc1C. The third kappa shape index (κ3) is 3.85. The predicted molar refractivity (Wildman–Crippen MR) is 113 cm³/mol. The van der Waals surface area contributed by atoms with Crippen molar-refractivity contribution in [2.75, 3.05) is 10.6 Å². The lowest BCUT2D eigenvalue weighted by molar-refractivity contribution is 0.0972. The summed E-state index contributed by atoms with van der Waals surface area (Å²) < 4.78 is 0. The molecule has 2 aromatic carbocycles. The number of nitrogens with zero attached hydrogens (tertiary/aromatic N) is 2. The maximum Gasteiger partial charge on any atom is 0.229 e. The molecular weight excluding hydrogens is 372 g/mol. The average Bonchev–Trinajstić information content (AvgIpc) is 2.66. The number of aromatic nitrogens is 2. The van der Waals surface area contributed by atoms with Crippen LogP contribution < -0.4 is 10.6 Å². The zero-order valence-electron chi connectivity index (χ0n) is 15.8. The van der Waals surface area contributed by atoms with E-state index in [4.69, 9.17) is 11.6 Å². The fraction of sp³-hybridized carbons (Fsp3) is 0.227. The molecular formula is C22H21ClN4O. The Kier molecular flexibility index (Phi) is 5.01. The molecule has 28 heavy (non-hydrogen) atoms. The summed E-state index contributed by atoms with van der Waals surface area (Å²) in [5.41, 5.74) is 5.53. The van der Waals surface area contributed by atoms with E-state index in [1.54, 1.807) is 12.1 Å². The third-order valence-corrected chi connectivity index (χ3v) is 5.20. The minimum Gasteiger partial charge on any atom is -0.339 e. The van der Waals surface area contributed by atoms with Crippen LogP contribution in [-0.2, 0) is 6.42 Å². The van der Waals surface area contributed by atoms with Gasteiger partial charge in [0.25, 0.3) is 0 Å². The van der Waals surface area contributed by atoms with Crippen LogP contribution in [0.3, 0.4) is 0 Å². The number of anilines is 4. The van der Waals surface area contributed by atoms with Crippen molar-refractivity contribution in [2.24, 2.45) is 0 Å². The highest BCUT2D eigenvalue weighted by Crippen LogP contribution is 2.30. The highest BCUT2D eigenvalue weighted by Gasteiger charge is 2.24. The predicted octanol–water partition coefficient (Wildman–Crippen LogP) is 5.75. The first kappa shape index (κ1) is 18.4. The number of Topliss-reactive ketones (excluding diaryl/α,β-unsaturated/α-hetero) is 1. The molecule has 0 spiro atoms. The number of hydrogen-bond acceptors (Lipinski definition) is 5. The lowest BCUT2D eigenvalue weighted by atomic mass is 9.95. The van der Waals surface area contributed by atoms with E-state index in [9.17, 15) is 4.79 Å². The first-order valence-electron chi connectivity index (χ1n) is 9.30. The number of aryl methyl sites for hydroxylation is 3.